The number of fused-ring (bicyclic) bond motifs is 1. The zero-order valence-electron chi connectivity index (χ0n) is 16.8. The minimum absolute atomic E-state index is 0.431. The number of hydrogen-bond donors (Lipinski definition) is 3. The van der Waals surface area contributed by atoms with E-state index in [0.29, 0.717) is 6.04 Å². The molecule has 0 radical (unpaired) electrons. The average Bonchev–Trinajstić information content (AvgIpc) is 3.11. The van der Waals surface area contributed by atoms with Crippen LogP contribution in [0.15, 0.2) is 29.4 Å². The molecule has 1 unspecified atom stereocenters. The van der Waals surface area contributed by atoms with Gasteiger partial charge in [-0.15, -0.1) is 0 Å². The van der Waals surface area contributed by atoms with E-state index in [2.05, 4.69) is 65.7 Å². The number of benzene rings is 1. The van der Waals surface area contributed by atoms with E-state index in [-0.39, 0.29) is 0 Å². The lowest BCUT2D eigenvalue weighted by atomic mass is 10.1. The predicted molar refractivity (Wildman–Crippen MR) is 113 cm³/mol. The summed E-state index contributed by atoms with van der Waals surface area (Å²) in [6, 6.07) is 6.84. The lowest BCUT2D eigenvalue weighted by molar-refractivity contribution is 0.0220. The summed E-state index contributed by atoms with van der Waals surface area (Å²) in [7, 11) is 0. The monoisotopic (exact) mass is 371 g/mol. The van der Waals surface area contributed by atoms with Crippen molar-refractivity contribution in [2.45, 2.75) is 33.2 Å². The number of hydrogen-bond acceptors (Lipinski definition) is 3. The number of aryl methyl sites for hydroxylation is 1. The van der Waals surface area contributed by atoms with Crippen molar-refractivity contribution >= 4 is 16.9 Å². The molecule has 6 nitrogen and oxygen atoms in total. The second-order valence-corrected chi connectivity index (χ2v) is 7.21. The van der Waals surface area contributed by atoms with Crippen molar-refractivity contribution in [3.8, 4) is 0 Å². The number of morpholine rings is 1. The van der Waals surface area contributed by atoms with Crippen molar-refractivity contribution in [3.63, 3.8) is 0 Å². The van der Waals surface area contributed by atoms with E-state index in [0.717, 1.165) is 58.3 Å². The van der Waals surface area contributed by atoms with Gasteiger partial charge < -0.3 is 20.4 Å². The van der Waals surface area contributed by atoms with Gasteiger partial charge in [-0.25, -0.2) is 0 Å². The molecule has 0 spiro atoms. The third-order valence-corrected chi connectivity index (χ3v) is 5.21. The molecule has 0 saturated carbocycles. The highest BCUT2D eigenvalue weighted by Crippen LogP contribution is 2.22. The van der Waals surface area contributed by atoms with Crippen LogP contribution in [0.4, 0.5) is 0 Å². The van der Waals surface area contributed by atoms with Gasteiger partial charge in [0.05, 0.1) is 19.8 Å². The van der Waals surface area contributed by atoms with E-state index in [9.17, 15) is 0 Å². The van der Waals surface area contributed by atoms with Crippen LogP contribution in [0.1, 0.15) is 25.0 Å². The van der Waals surface area contributed by atoms with Crippen LogP contribution in [0.3, 0.4) is 0 Å². The first-order valence-electron chi connectivity index (χ1n) is 10.1. The summed E-state index contributed by atoms with van der Waals surface area (Å²) < 4.78 is 5.44. The second-order valence-electron chi connectivity index (χ2n) is 7.21. The number of nitrogens with one attached hydrogen (secondary N) is 3. The van der Waals surface area contributed by atoms with E-state index in [4.69, 9.17) is 9.73 Å². The topological polar surface area (TPSA) is 64.7 Å². The van der Waals surface area contributed by atoms with Crippen LogP contribution in [0, 0.1) is 6.92 Å². The highest BCUT2D eigenvalue weighted by atomic mass is 16.5. The van der Waals surface area contributed by atoms with Gasteiger partial charge in [0.25, 0.3) is 0 Å². The molecule has 1 aromatic heterocycles. The predicted octanol–water partition coefficient (Wildman–Crippen LogP) is 2.29. The molecule has 1 fully saturated rings. The maximum Gasteiger partial charge on any atom is 0.191 e. The minimum atomic E-state index is 0.431. The van der Waals surface area contributed by atoms with E-state index < -0.39 is 0 Å². The summed E-state index contributed by atoms with van der Waals surface area (Å²) in [5.41, 5.74) is 3.89. The summed E-state index contributed by atoms with van der Waals surface area (Å²) in [4.78, 5) is 10.6. The van der Waals surface area contributed by atoms with Crippen LogP contribution >= 0.6 is 0 Å². The fourth-order valence-corrected chi connectivity index (χ4v) is 3.66. The molecule has 1 atom stereocenters. The molecule has 2 aromatic rings. The van der Waals surface area contributed by atoms with E-state index in [1.54, 1.807) is 0 Å². The molecule has 1 saturated heterocycles. The fraction of sp³-hybridized carbons (Fsp3) is 0.571. The molecule has 3 rings (SSSR count). The zero-order valence-corrected chi connectivity index (χ0v) is 16.8. The number of aliphatic imine (C=N–C) groups is 1. The minimum Gasteiger partial charge on any atom is -0.379 e. The molecule has 0 bridgehead atoms. The first kappa shape index (κ1) is 19.7. The molecule has 27 heavy (non-hydrogen) atoms. The van der Waals surface area contributed by atoms with Crippen molar-refractivity contribution in [2.24, 2.45) is 4.99 Å². The molecule has 0 amide bonds. The van der Waals surface area contributed by atoms with Gasteiger partial charge in [0.15, 0.2) is 5.96 Å². The number of ether oxygens (including phenoxy) is 1. The summed E-state index contributed by atoms with van der Waals surface area (Å²) in [5.74, 6) is 0.897. The Balaban J connectivity index is 1.54. The molecule has 2 heterocycles. The quantitative estimate of drug-likeness (QED) is 0.516. The lowest BCUT2D eigenvalue weighted by Crippen LogP contribution is -2.44. The first-order valence-corrected chi connectivity index (χ1v) is 10.1. The van der Waals surface area contributed by atoms with Crippen LogP contribution in [-0.4, -0.2) is 67.8 Å². The zero-order chi connectivity index (χ0) is 19.1. The van der Waals surface area contributed by atoms with Crippen LogP contribution in [0.25, 0.3) is 10.9 Å². The van der Waals surface area contributed by atoms with Gasteiger partial charge >= 0.3 is 0 Å². The summed E-state index contributed by atoms with van der Waals surface area (Å²) >= 11 is 0. The van der Waals surface area contributed by atoms with Crippen molar-refractivity contribution in [3.05, 3.63) is 35.5 Å². The maximum absolute atomic E-state index is 5.44. The number of rotatable bonds is 7. The third kappa shape index (κ3) is 5.23. The number of nitrogens with zero attached hydrogens (tertiary/aromatic N) is 2. The second kappa shape index (κ2) is 9.76. The summed E-state index contributed by atoms with van der Waals surface area (Å²) in [6.07, 6.45) is 3.10. The van der Waals surface area contributed by atoms with Gasteiger partial charge in [-0.1, -0.05) is 12.1 Å². The molecule has 1 aliphatic heterocycles. The number of guanidine groups is 1. The highest BCUT2D eigenvalue weighted by Gasteiger charge is 2.16. The molecular formula is C21H33N5O. The largest absolute Gasteiger partial charge is 0.379 e. The Hall–Kier alpha value is -2.05. The molecule has 1 aliphatic rings. The third-order valence-electron chi connectivity index (χ3n) is 5.21. The summed E-state index contributed by atoms with van der Waals surface area (Å²) in [6.45, 7) is 12.7. The SMILES string of the molecule is CCNC(=NCC(C)N1CCOCC1)NCCc1c[nH]c2cccc(C)c12. The van der Waals surface area contributed by atoms with Crippen LogP contribution in [0.2, 0.25) is 0 Å². The Morgan fingerprint density at radius 1 is 1.30 bits per heavy atom. The van der Waals surface area contributed by atoms with Crippen LogP contribution in [-0.2, 0) is 11.2 Å². The Kier molecular flexibility index (Phi) is 7.12. The summed E-state index contributed by atoms with van der Waals surface area (Å²) in [5, 5.41) is 8.19. The van der Waals surface area contributed by atoms with Gasteiger partial charge in [0, 0.05) is 49.3 Å². The van der Waals surface area contributed by atoms with E-state index >= 15 is 0 Å². The van der Waals surface area contributed by atoms with Crippen molar-refractivity contribution in [1.82, 2.24) is 20.5 Å². The van der Waals surface area contributed by atoms with Crippen molar-refractivity contribution < 1.29 is 4.74 Å². The van der Waals surface area contributed by atoms with E-state index in [1.807, 2.05) is 0 Å². The van der Waals surface area contributed by atoms with Gasteiger partial charge in [-0.3, -0.25) is 9.89 Å². The van der Waals surface area contributed by atoms with Gasteiger partial charge in [0.1, 0.15) is 0 Å². The Labute approximate surface area is 162 Å². The smallest absolute Gasteiger partial charge is 0.191 e. The molecule has 0 aliphatic carbocycles. The molecule has 1 aromatic carbocycles. The Morgan fingerprint density at radius 3 is 2.89 bits per heavy atom. The van der Waals surface area contributed by atoms with Gasteiger partial charge in [-0.05, 0) is 44.4 Å². The van der Waals surface area contributed by atoms with Gasteiger partial charge in [0.2, 0.25) is 0 Å². The molecule has 148 valence electrons. The van der Waals surface area contributed by atoms with Gasteiger partial charge in [-0.2, -0.15) is 0 Å². The standard InChI is InChI=1S/C21H33N5O/c1-4-22-21(25-14-17(3)26-10-12-27-13-11-26)23-9-8-18-15-24-19-7-5-6-16(2)20(18)19/h5-7,15,17,24H,4,8-14H2,1-3H3,(H2,22,23,25). The Bertz CT molecular complexity index is 748. The first-order chi connectivity index (χ1) is 13.2. The average molecular weight is 372 g/mol. The van der Waals surface area contributed by atoms with Crippen molar-refractivity contribution in [1.29, 1.82) is 0 Å². The Morgan fingerprint density at radius 2 is 2.11 bits per heavy atom. The maximum atomic E-state index is 5.44. The van der Waals surface area contributed by atoms with Crippen LogP contribution < -0.4 is 10.6 Å². The van der Waals surface area contributed by atoms with Crippen LogP contribution in [0.5, 0.6) is 0 Å². The lowest BCUT2D eigenvalue weighted by Gasteiger charge is -2.31. The normalized spacial score (nSPS) is 17.2. The molecule has 3 N–H and O–H groups in total. The van der Waals surface area contributed by atoms with E-state index in [1.165, 1.54) is 22.0 Å². The highest BCUT2D eigenvalue weighted by molar-refractivity contribution is 5.86. The van der Waals surface area contributed by atoms with Crippen molar-refractivity contribution in [2.75, 3.05) is 45.9 Å². The number of aromatic nitrogens is 1. The molecular weight excluding hydrogens is 338 g/mol. The number of aromatic amines is 1. The number of H-pyrrole nitrogens is 1. The molecule has 6 heteroatoms. The fourth-order valence-electron chi connectivity index (χ4n) is 3.66.